The maximum Gasteiger partial charge on any atom is 0.137 e. The fourth-order valence-corrected chi connectivity index (χ4v) is 2.53. The first-order valence-corrected chi connectivity index (χ1v) is 6.68. The summed E-state index contributed by atoms with van der Waals surface area (Å²) >= 11 is 1.83. The average Bonchev–Trinajstić information content (AvgIpc) is 2.98. The van der Waals surface area contributed by atoms with E-state index in [1.54, 1.807) is 12.7 Å². The van der Waals surface area contributed by atoms with Crippen LogP contribution in [0.5, 0.6) is 0 Å². The van der Waals surface area contributed by atoms with Crippen LogP contribution >= 0.6 is 11.3 Å². The van der Waals surface area contributed by atoms with E-state index in [9.17, 15) is 0 Å². The molecular weight excluding hydrogens is 232 g/mol. The molecule has 2 aromatic heterocycles. The zero-order chi connectivity index (χ0) is 12.1. The van der Waals surface area contributed by atoms with Gasteiger partial charge in [-0.1, -0.05) is 6.07 Å². The number of likely N-dealkylation sites (N-methyl/N-ethyl adjacent to an activating group) is 1. The Morgan fingerprint density at radius 2 is 2.41 bits per heavy atom. The summed E-state index contributed by atoms with van der Waals surface area (Å²) in [5.74, 6) is 0. The van der Waals surface area contributed by atoms with Crippen LogP contribution in [0.25, 0.3) is 0 Å². The second kappa shape index (κ2) is 5.93. The number of aromatic nitrogens is 3. The van der Waals surface area contributed by atoms with Gasteiger partial charge in [-0.3, -0.25) is 4.68 Å². The van der Waals surface area contributed by atoms with Gasteiger partial charge >= 0.3 is 0 Å². The fraction of sp³-hybridized carbons (Fsp3) is 0.500. The first-order chi connectivity index (χ1) is 8.25. The minimum atomic E-state index is 0.553. The Morgan fingerprint density at radius 3 is 3.06 bits per heavy atom. The molecule has 4 nitrogen and oxygen atoms in total. The summed E-state index contributed by atoms with van der Waals surface area (Å²) in [5, 5.41) is 6.24. The monoisotopic (exact) mass is 250 g/mol. The molecular formula is C12H18N4S. The summed E-state index contributed by atoms with van der Waals surface area (Å²) in [6.07, 6.45) is 4.46. The molecule has 0 fully saturated rings. The van der Waals surface area contributed by atoms with Gasteiger partial charge in [-0.25, -0.2) is 4.98 Å². The van der Waals surface area contributed by atoms with E-state index < -0.39 is 0 Å². The molecule has 92 valence electrons. The SMILES string of the molecule is C[C@@H](Cc1cccs1)N(C)CCn1cncn1. The third kappa shape index (κ3) is 3.64. The van der Waals surface area contributed by atoms with Gasteiger partial charge in [0.25, 0.3) is 0 Å². The van der Waals surface area contributed by atoms with E-state index in [4.69, 9.17) is 0 Å². The van der Waals surface area contributed by atoms with Gasteiger partial charge in [-0.15, -0.1) is 11.3 Å². The highest BCUT2D eigenvalue weighted by Gasteiger charge is 2.10. The zero-order valence-electron chi connectivity index (χ0n) is 10.3. The quantitative estimate of drug-likeness (QED) is 0.785. The van der Waals surface area contributed by atoms with Gasteiger partial charge in [-0.05, 0) is 31.8 Å². The van der Waals surface area contributed by atoms with E-state index >= 15 is 0 Å². The normalized spacial score (nSPS) is 13.1. The predicted molar refractivity (Wildman–Crippen MR) is 70.1 cm³/mol. The Labute approximate surface area is 106 Å². The van der Waals surface area contributed by atoms with Crippen LogP contribution in [-0.4, -0.2) is 39.3 Å². The Morgan fingerprint density at radius 1 is 1.53 bits per heavy atom. The molecule has 2 rings (SSSR count). The lowest BCUT2D eigenvalue weighted by atomic mass is 10.2. The topological polar surface area (TPSA) is 34.0 Å². The van der Waals surface area contributed by atoms with Crippen molar-refractivity contribution in [2.24, 2.45) is 0 Å². The standard InChI is InChI=1S/C12H18N4S/c1-11(8-12-4-3-7-17-12)15(2)5-6-16-10-13-9-14-16/h3-4,7,9-11H,5-6,8H2,1-2H3/t11-/m0/s1. The molecule has 0 saturated heterocycles. The van der Waals surface area contributed by atoms with Gasteiger partial charge < -0.3 is 4.90 Å². The van der Waals surface area contributed by atoms with Crippen molar-refractivity contribution in [1.29, 1.82) is 0 Å². The molecule has 0 aliphatic heterocycles. The van der Waals surface area contributed by atoms with Gasteiger partial charge in [0.15, 0.2) is 0 Å². The first-order valence-electron chi connectivity index (χ1n) is 5.80. The van der Waals surface area contributed by atoms with Crippen molar-refractivity contribution in [1.82, 2.24) is 19.7 Å². The summed E-state index contributed by atoms with van der Waals surface area (Å²) in [6.45, 7) is 4.16. The third-order valence-electron chi connectivity index (χ3n) is 2.98. The second-order valence-electron chi connectivity index (χ2n) is 4.27. The highest BCUT2D eigenvalue weighted by Crippen LogP contribution is 2.13. The number of hydrogen-bond acceptors (Lipinski definition) is 4. The van der Waals surface area contributed by atoms with E-state index in [2.05, 4.69) is 46.5 Å². The molecule has 0 saturated carbocycles. The number of rotatable bonds is 6. The fourth-order valence-electron chi connectivity index (χ4n) is 1.70. The van der Waals surface area contributed by atoms with Crippen LogP contribution in [0.2, 0.25) is 0 Å². The maximum absolute atomic E-state index is 4.10. The molecule has 17 heavy (non-hydrogen) atoms. The molecule has 0 aliphatic carbocycles. The number of thiophene rings is 1. The Bertz CT molecular complexity index is 410. The highest BCUT2D eigenvalue weighted by atomic mass is 32.1. The second-order valence-corrected chi connectivity index (χ2v) is 5.30. The van der Waals surface area contributed by atoms with Crippen LogP contribution < -0.4 is 0 Å². The number of nitrogens with zero attached hydrogens (tertiary/aromatic N) is 4. The van der Waals surface area contributed by atoms with Crippen molar-refractivity contribution in [2.75, 3.05) is 13.6 Å². The van der Waals surface area contributed by atoms with Crippen molar-refractivity contribution in [2.45, 2.75) is 25.9 Å². The molecule has 0 bridgehead atoms. The molecule has 0 N–H and O–H groups in total. The van der Waals surface area contributed by atoms with Gasteiger partial charge in [0.1, 0.15) is 12.7 Å². The van der Waals surface area contributed by atoms with Crippen molar-refractivity contribution in [3.63, 3.8) is 0 Å². The van der Waals surface area contributed by atoms with Gasteiger partial charge in [0.05, 0.1) is 6.54 Å². The average molecular weight is 250 g/mol. The van der Waals surface area contributed by atoms with E-state index in [0.717, 1.165) is 19.5 Å². The molecule has 0 aromatic carbocycles. The van der Waals surface area contributed by atoms with Crippen LogP contribution in [0.3, 0.4) is 0 Å². The largest absolute Gasteiger partial charge is 0.301 e. The van der Waals surface area contributed by atoms with Crippen molar-refractivity contribution < 1.29 is 0 Å². The molecule has 0 aliphatic rings. The lowest BCUT2D eigenvalue weighted by Gasteiger charge is -2.24. The molecule has 0 amide bonds. The molecule has 2 heterocycles. The Balaban J connectivity index is 1.77. The zero-order valence-corrected chi connectivity index (χ0v) is 11.1. The molecule has 0 unspecified atom stereocenters. The molecule has 2 aromatic rings. The lowest BCUT2D eigenvalue weighted by Crippen LogP contribution is -2.33. The predicted octanol–water partition coefficient (Wildman–Crippen LogP) is 1.90. The van der Waals surface area contributed by atoms with E-state index in [1.807, 2.05) is 16.0 Å². The maximum atomic E-state index is 4.10. The van der Waals surface area contributed by atoms with Gasteiger partial charge in [0, 0.05) is 17.5 Å². The summed E-state index contributed by atoms with van der Waals surface area (Å²) < 4.78 is 1.87. The smallest absolute Gasteiger partial charge is 0.137 e. The minimum absolute atomic E-state index is 0.553. The van der Waals surface area contributed by atoms with Crippen molar-refractivity contribution in [3.05, 3.63) is 35.0 Å². The summed E-state index contributed by atoms with van der Waals surface area (Å²) in [6, 6.07) is 4.87. The summed E-state index contributed by atoms with van der Waals surface area (Å²) in [5.41, 5.74) is 0. The Hall–Kier alpha value is -1.20. The van der Waals surface area contributed by atoms with Gasteiger partial charge in [0.2, 0.25) is 0 Å². The molecule has 0 radical (unpaired) electrons. The van der Waals surface area contributed by atoms with E-state index in [1.165, 1.54) is 4.88 Å². The van der Waals surface area contributed by atoms with Crippen LogP contribution in [0.15, 0.2) is 30.2 Å². The van der Waals surface area contributed by atoms with Crippen LogP contribution in [0, 0.1) is 0 Å². The van der Waals surface area contributed by atoms with Gasteiger partial charge in [-0.2, -0.15) is 5.10 Å². The molecule has 0 spiro atoms. The summed E-state index contributed by atoms with van der Waals surface area (Å²) in [4.78, 5) is 7.75. The van der Waals surface area contributed by atoms with Crippen molar-refractivity contribution >= 4 is 11.3 Å². The highest BCUT2D eigenvalue weighted by molar-refractivity contribution is 7.09. The lowest BCUT2D eigenvalue weighted by molar-refractivity contribution is 0.243. The van der Waals surface area contributed by atoms with Crippen LogP contribution in [-0.2, 0) is 13.0 Å². The minimum Gasteiger partial charge on any atom is -0.301 e. The van der Waals surface area contributed by atoms with Crippen LogP contribution in [0.1, 0.15) is 11.8 Å². The first kappa shape index (κ1) is 12.3. The third-order valence-corrected chi connectivity index (χ3v) is 3.88. The number of hydrogen-bond donors (Lipinski definition) is 0. The van der Waals surface area contributed by atoms with Crippen molar-refractivity contribution in [3.8, 4) is 0 Å². The Kier molecular flexibility index (Phi) is 4.28. The van der Waals surface area contributed by atoms with E-state index in [-0.39, 0.29) is 0 Å². The molecule has 5 heteroatoms. The summed E-state index contributed by atoms with van der Waals surface area (Å²) in [7, 11) is 2.16. The molecule has 1 atom stereocenters. The van der Waals surface area contributed by atoms with Crippen LogP contribution in [0.4, 0.5) is 0 Å². The van der Waals surface area contributed by atoms with E-state index in [0.29, 0.717) is 6.04 Å².